The van der Waals surface area contributed by atoms with E-state index in [9.17, 15) is 0 Å². The molecule has 0 amide bonds. The van der Waals surface area contributed by atoms with Crippen molar-refractivity contribution in [3.63, 3.8) is 0 Å². The minimum Gasteiger partial charge on any atom is -0.374 e. The fourth-order valence-corrected chi connectivity index (χ4v) is 4.47. The van der Waals surface area contributed by atoms with Crippen molar-refractivity contribution < 1.29 is 4.74 Å². The molecule has 1 spiro atoms. The van der Waals surface area contributed by atoms with Crippen molar-refractivity contribution in [2.24, 2.45) is 5.41 Å². The fourth-order valence-electron chi connectivity index (χ4n) is 4.47. The lowest BCUT2D eigenvalue weighted by Crippen LogP contribution is -2.35. The van der Waals surface area contributed by atoms with E-state index in [-0.39, 0.29) is 5.60 Å². The molecular formula is C19H34N4O. The lowest BCUT2D eigenvalue weighted by molar-refractivity contribution is -0.0354. The second-order valence-electron chi connectivity index (χ2n) is 8.65. The normalized spacial score (nSPS) is 29.6. The summed E-state index contributed by atoms with van der Waals surface area (Å²) < 4.78 is 8.54. The Balaban J connectivity index is 1.58. The standard InChI is InChI=1S/C19H34N4O/c1-18(2)14-19(24-15-18)8-5-16(6-9-19)23-17(7-10-21-23)13-22(4)12-11-20-3/h7,10,16,20H,5-6,8-9,11-15H2,1-4H3/t16-,19-. The molecule has 2 aliphatic rings. The van der Waals surface area contributed by atoms with Crippen LogP contribution in [0.15, 0.2) is 12.3 Å². The van der Waals surface area contributed by atoms with Crippen molar-refractivity contribution in [1.29, 1.82) is 0 Å². The first-order chi connectivity index (χ1) is 11.4. The molecule has 2 heterocycles. The Morgan fingerprint density at radius 3 is 2.75 bits per heavy atom. The second kappa shape index (κ2) is 7.14. The first-order valence-electron chi connectivity index (χ1n) is 9.43. The van der Waals surface area contributed by atoms with E-state index in [4.69, 9.17) is 4.74 Å². The van der Waals surface area contributed by atoms with Gasteiger partial charge in [0.05, 0.1) is 23.9 Å². The SMILES string of the molecule is CNCCN(C)Cc1ccnn1[C@H]1CC[C@]2(CC1)CC(C)(C)CO2. The number of hydrogen-bond donors (Lipinski definition) is 1. The minimum absolute atomic E-state index is 0.150. The van der Waals surface area contributed by atoms with Gasteiger partial charge in [-0.15, -0.1) is 0 Å². The highest BCUT2D eigenvalue weighted by Gasteiger charge is 2.46. The molecule has 1 saturated heterocycles. The van der Waals surface area contributed by atoms with Crippen molar-refractivity contribution in [2.75, 3.05) is 33.8 Å². The van der Waals surface area contributed by atoms with E-state index in [1.54, 1.807) is 0 Å². The molecular weight excluding hydrogens is 300 g/mol. The molecule has 5 nitrogen and oxygen atoms in total. The highest BCUT2D eigenvalue weighted by atomic mass is 16.5. The van der Waals surface area contributed by atoms with Crippen LogP contribution in [-0.2, 0) is 11.3 Å². The largest absolute Gasteiger partial charge is 0.374 e. The summed E-state index contributed by atoms with van der Waals surface area (Å²) in [6.45, 7) is 8.62. The first-order valence-corrected chi connectivity index (χ1v) is 9.43. The predicted molar refractivity (Wildman–Crippen MR) is 97.1 cm³/mol. The Bertz CT molecular complexity index is 531. The molecule has 3 rings (SSSR count). The number of likely N-dealkylation sites (N-methyl/N-ethyl adjacent to an activating group) is 2. The molecule has 1 aliphatic heterocycles. The molecule has 1 saturated carbocycles. The number of nitrogens with zero attached hydrogens (tertiary/aromatic N) is 3. The summed E-state index contributed by atoms with van der Waals surface area (Å²) in [5.74, 6) is 0. The molecule has 1 N–H and O–H groups in total. The fraction of sp³-hybridized carbons (Fsp3) is 0.842. The number of nitrogens with one attached hydrogen (secondary N) is 1. The third-order valence-corrected chi connectivity index (χ3v) is 5.71. The Morgan fingerprint density at radius 2 is 2.12 bits per heavy atom. The zero-order chi connectivity index (χ0) is 17.2. The number of aromatic nitrogens is 2. The van der Waals surface area contributed by atoms with Crippen LogP contribution in [0, 0.1) is 5.41 Å². The van der Waals surface area contributed by atoms with Crippen molar-refractivity contribution in [3.05, 3.63) is 18.0 Å². The van der Waals surface area contributed by atoms with Gasteiger partial charge in [0.25, 0.3) is 0 Å². The van der Waals surface area contributed by atoms with Gasteiger partial charge in [-0.05, 0) is 57.7 Å². The van der Waals surface area contributed by atoms with E-state index in [0.29, 0.717) is 11.5 Å². The van der Waals surface area contributed by atoms with Gasteiger partial charge in [0.15, 0.2) is 0 Å². The molecule has 0 atom stereocenters. The van der Waals surface area contributed by atoms with E-state index >= 15 is 0 Å². The summed E-state index contributed by atoms with van der Waals surface area (Å²) in [5, 5.41) is 7.86. The second-order valence-corrected chi connectivity index (χ2v) is 8.65. The van der Waals surface area contributed by atoms with Gasteiger partial charge in [-0.2, -0.15) is 5.10 Å². The Kier molecular flexibility index (Phi) is 5.33. The summed E-state index contributed by atoms with van der Waals surface area (Å²) in [6, 6.07) is 2.71. The lowest BCUT2D eigenvalue weighted by Gasteiger charge is -2.37. The van der Waals surface area contributed by atoms with Gasteiger partial charge in [0, 0.05) is 25.8 Å². The summed E-state index contributed by atoms with van der Waals surface area (Å²) in [5.41, 5.74) is 1.83. The molecule has 0 aromatic carbocycles. The van der Waals surface area contributed by atoms with Crippen LogP contribution in [-0.4, -0.2) is 54.1 Å². The molecule has 0 bridgehead atoms. The first kappa shape index (κ1) is 17.9. The summed E-state index contributed by atoms with van der Waals surface area (Å²) in [4.78, 5) is 2.36. The van der Waals surface area contributed by atoms with Gasteiger partial charge in [-0.25, -0.2) is 0 Å². The Morgan fingerprint density at radius 1 is 1.38 bits per heavy atom. The van der Waals surface area contributed by atoms with Gasteiger partial charge < -0.3 is 10.1 Å². The molecule has 0 unspecified atom stereocenters. The van der Waals surface area contributed by atoms with Crippen molar-refractivity contribution in [3.8, 4) is 0 Å². The molecule has 1 aromatic heterocycles. The van der Waals surface area contributed by atoms with Crippen LogP contribution in [0.25, 0.3) is 0 Å². The third kappa shape index (κ3) is 4.01. The lowest BCUT2D eigenvalue weighted by atomic mass is 9.75. The smallest absolute Gasteiger partial charge is 0.0690 e. The molecule has 136 valence electrons. The third-order valence-electron chi connectivity index (χ3n) is 5.71. The molecule has 0 radical (unpaired) electrons. The quantitative estimate of drug-likeness (QED) is 0.869. The van der Waals surface area contributed by atoms with Gasteiger partial charge in [0.2, 0.25) is 0 Å². The average molecular weight is 335 g/mol. The van der Waals surface area contributed by atoms with Gasteiger partial charge >= 0.3 is 0 Å². The van der Waals surface area contributed by atoms with Crippen molar-refractivity contribution in [2.45, 2.75) is 64.1 Å². The summed E-state index contributed by atoms with van der Waals surface area (Å²) in [6.07, 6.45) is 7.90. The molecule has 24 heavy (non-hydrogen) atoms. The van der Waals surface area contributed by atoms with E-state index < -0.39 is 0 Å². The van der Waals surface area contributed by atoms with Crippen LogP contribution in [0.4, 0.5) is 0 Å². The average Bonchev–Trinajstić information content (AvgIpc) is 3.11. The van der Waals surface area contributed by atoms with Crippen LogP contribution >= 0.6 is 0 Å². The maximum absolute atomic E-state index is 6.26. The molecule has 1 aliphatic carbocycles. The zero-order valence-corrected chi connectivity index (χ0v) is 15.8. The van der Waals surface area contributed by atoms with Gasteiger partial charge in [-0.1, -0.05) is 13.8 Å². The zero-order valence-electron chi connectivity index (χ0n) is 15.8. The Labute approximate surface area is 146 Å². The minimum atomic E-state index is 0.150. The van der Waals surface area contributed by atoms with Gasteiger partial charge in [0.1, 0.15) is 0 Å². The van der Waals surface area contributed by atoms with E-state index in [2.05, 4.69) is 47.0 Å². The summed E-state index contributed by atoms with van der Waals surface area (Å²) >= 11 is 0. The monoisotopic (exact) mass is 334 g/mol. The van der Waals surface area contributed by atoms with Gasteiger partial charge in [-0.3, -0.25) is 9.58 Å². The van der Waals surface area contributed by atoms with Crippen LogP contribution in [0.1, 0.15) is 57.7 Å². The van der Waals surface area contributed by atoms with Crippen LogP contribution < -0.4 is 5.32 Å². The number of hydrogen-bond acceptors (Lipinski definition) is 4. The predicted octanol–water partition coefficient (Wildman–Crippen LogP) is 2.83. The number of rotatable bonds is 6. The summed E-state index contributed by atoms with van der Waals surface area (Å²) in [7, 11) is 4.18. The highest BCUT2D eigenvalue weighted by Crippen LogP contribution is 2.48. The van der Waals surface area contributed by atoms with Crippen LogP contribution in [0.5, 0.6) is 0 Å². The molecule has 2 fully saturated rings. The number of ether oxygens (including phenoxy) is 1. The van der Waals surface area contributed by atoms with E-state index in [1.165, 1.54) is 37.8 Å². The maximum atomic E-state index is 6.26. The highest BCUT2D eigenvalue weighted by molar-refractivity contribution is 5.04. The topological polar surface area (TPSA) is 42.3 Å². The molecule has 1 aromatic rings. The molecule has 5 heteroatoms. The Hall–Kier alpha value is -0.910. The van der Waals surface area contributed by atoms with Crippen LogP contribution in [0.3, 0.4) is 0 Å². The maximum Gasteiger partial charge on any atom is 0.0690 e. The van der Waals surface area contributed by atoms with E-state index in [1.807, 2.05) is 13.2 Å². The van der Waals surface area contributed by atoms with Crippen LogP contribution in [0.2, 0.25) is 0 Å². The van der Waals surface area contributed by atoms with Crippen molar-refractivity contribution in [1.82, 2.24) is 20.0 Å². The van der Waals surface area contributed by atoms with Crippen molar-refractivity contribution >= 4 is 0 Å². The van der Waals surface area contributed by atoms with E-state index in [0.717, 1.165) is 26.2 Å².